The molecule has 0 N–H and O–H groups in total. The predicted molar refractivity (Wildman–Crippen MR) is 53.8 cm³/mol. The van der Waals surface area contributed by atoms with E-state index in [0.29, 0.717) is 12.0 Å². The summed E-state index contributed by atoms with van der Waals surface area (Å²) in [5.41, 5.74) is 0.321. The molecule has 0 atom stereocenters. The monoisotopic (exact) mass is 256 g/mol. The van der Waals surface area contributed by atoms with Crippen molar-refractivity contribution in [1.82, 2.24) is 0 Å². The minimum absolute atomic E-state index is 0.131. The van der Waals surface area contributed by atoms with Crippen molar-refractivity contribution in [3.63, 3.8) is 0 Å². The third-order valence-corrected chi connectivity index (χ3v) is 3.44. The summed E-state index contributed by atoms with van der Waals surface area (Å²) in [6.07, 6.45) is 0.370. The first-order valence-corrected chi connectivity index (χ1v) is 6.47. The normalized spacial score (nSPS) is 11.7. The lowest BCUT2D eigenvalue weighted by atomic mass is 10.2. The highest BCUT2D eigenvalue weighted by Gasteiger charge is 2.17. The van der Waals surface area contributed by atoms with Crippen molar-refractivity contribution < 1.29 is 12.8 Å². The average molecular weight is 257 g/mol. The molecule has 1 aromatic carbocycles. The maximum atomic E-state index is 13.0. The zero-order valence-corrected chi connectivity index (χ0v) is 9.55. The molecule has 2 nitrogen and oxygen atoms in total. The molecule has 0 bridgehead atoms. The van der Waals surface area contributed by atoms with Crippen LogP contribution in [0.5, 0.6) is 0 Å². The van der Waals surface area contributed by atoms with Gasteiger partial charge in [0.15, 0.2) is 0 Å². The number of hydrogen-bond acceptors (Lipinski definition) is 2. The Balaban J connectivity index is 3.51. The molecule has 0 aliphatic rings. The highest BCUT2D eigenvalue weighted by molar-refractivity contribution is 8.13. The van der Waals surface area contributed by atoms with E-state index in [-0.39, 0.29) is 9.92 Å². The van der Waals surface area contributed by atoms with Gasteiger partial charge in [-0.2, -0.15) is 0 Å². The summed E-state index contributed by atoms with van der Waals surface area (Å²) in [5.74, 6) is -0.646. The molecule has 1 rings (SSSR count). The van der Waals surface area contributed by atoms with Crippen LogP contribution in [0.1, 0.15) is 12.5 Å². The van der Waals surface area contributed by atoms with E-state index < -0.39 is 14.9 Å². The van der Waals surface area contributed by atoms with Gasteiger partial charge in [-0.3, -0.25) is 0 Å². The molecule has 6 heteroatoms. The van der Waals surface area contributed by atoms with Crippen molar-refractivity contribution in [2.45, 2.75) is 18.2 Å². The van der Waals surface area contributed by atoms with Gasteiger partial charge in [-0.25, -0.2) is 12.8 Å². The summed E-state index contributed by atoms with van der Waals surface area (Å²) in [6.45, 7) is 1.70. The van der Waals surface area contributed by atoms with Crippen molar-refractivity contribution in [2.24, 2.45) is 0 Å². The molecule has 0 fully saturated rings. The fourth-order valence-electron chi connectivity index (χ4n) is 1.07. The standard InChI is InChI=1S/C8H7Cl2FO2S/c1-2-5-3-7(11)6(9)4-8(5)14(10,12)13/h3-4H,2H2,1H3. The Kier molecular flexibility index (Phi) is 3.40. The van der Waals surface area contributed by atoms with Gasteiger partial charge in [-0.15, -0.1) is 0 Å². The van der Waals surface area contributed by atoms with Crippen molar-refractivity contribution in [1.29, 1.82) is 0 Å². The molecule has 0 saturated heterocycles. The quantitative estimate of drug-likeness (QED) is 0.763. The number of benzene rings is 1. The molecule has 0 heterocycles. The summed E-state index contributed by atoms with van der Waals surface area (Å²) in [4.78, 5) is -0.131. The molecule has 0 unspecified atom stereocenters. The minimum atomic E-state index is -3.86. The van der Waals surface area contributed by atoms with Gasteiger partial charge in [0.2, 0.25) is 0 Å². The largest absolute Gasteiger partial charge is 0.261 e. The van der Waals surface area contributed by atoms with Crippen LogP contribution in [-0.2, 0) is 15.5 Å². The molecule has 0 aromatic heterocycles. The highest BCUT2D eigenvalue weighted by atomic mass is 35.7. The predicted octanol–water partition coefficient (Wildman–Crippen LogP) is 2.97. The van der Waals surface area contributed by atoms with E-state index in [1.165, 1.54) is 0 Å². The Bertz CT molecular complexity index is 457. The van der Waals surface area contributed by atoms with Crippen molar-refractivity contribution >= 4 is 31.3 Å². The van der Waals surface area contributed by atoms with Crippen LogP contribution in [0.2, 0.25) is 5.02 Å². The van der Waals surface area contributed by atoms with Crippen LogP contribution in [0.15, 0.2) is 17.0 Å². The molecule has 0 aliphatic carbocycles. The zero-order chi connectivity index (χ0) is 10.9. The second-order valence-corrected chi connectivity index (χ2v) is 5.61. The molecule has 0 aliphatic heterocycles. The summed E-state index contributed by atoms with van der Waals surface area (Å²) >= 11 is 5.45. The Morgan fingerprint density at radius 3 is 2.43 bits per heavy atom. The zero-order valence-electron chi connectivity index (χ0n) is 7.22. The van der Waals surface area contributed by atoms with Crippen LogP contribution in [0.3, 0.4) is 0 Å². The van der Waals surface area contributed by atoms with Gasteiger partial charge in [0.05, 0.1) is 9.92 Å². The molecule has 0 spiro atoms. The second-order valence-electron chi connectivity index (χ2n) is 2.67. The van der Waals surface area contributed by atoms with Gasteiger partial charge in [0.25, 0.3) is 9.05 Å². The van der Waals surface area contributed by atoms with Crippen molar-refractivity contribution in [3.8, 4) is 0 Å². The molecule has 0 radical (unpaired) electrons. The molecule has 1 aromatic rings. The minimum Gasteiger partial charge on any atom is -0.207 e. The summed E-state index contributed by atoms with van der Waals surface area (Å²) in [5, 5.41) is -0.249. The first-order valence-electron chi connectivity index (χ1n) is 3.79. The highest BCUT2D eigenvalue weighted by Crippen LogP contribution is 2.26. The Morgan fingerprint density at radius 1 is 1.43 bits per heavy atom. The Hall–Kier alpha value is -0.320. The maximum absolute atomic E-state index is 13.0. The Labute approximate surface area is 91.1 Å². The fraction of sp³-hybridized carbons (Fsp3) is 0.250. The van der Waals surface area contributed by atoms with Crippen LogP contribution in [0.25, 0.3) is 0 Å². The molecular weight excluding hydrogens is 250 g/mol. The van der Waals surface area contributed by atoms with Gasteiger partial charge in [0.1, 0.15) is 5.82 Å². The Morgan fingerprint density at radius 2 is 2.00 bits per heavy atom. The molecule has 0 saturated carbocycles. The third kappa shape index (κ3) is 2.38. The van der Waals surface area contributed by atoms with Crippen LogP contribution < -0.4 is 0 Å². The summed E-state index contributed by atoms with van der Waals surface area (Å²) < 4.78 is 35.1. The smallest absolute Gasteiger partial charge is 0.207 e. The van der Waals surface area contributed by atoms with E-state index in [9.17, 15) is 12.8 Å². The van der Waals surface area contributed by atoms with E-state index >= 15 is 0 Å². The SMILES string of the molecule is CCc1cc(F)c(Cl)cc1S(=O)(=O)Cl. The first kappa shape index (κ1) is 11.8. The molecule has 78 valence electrons. The van der Waals surface area contributed by atoms with E-state index in [1.54, 1.807) is 6.92 Å². The topological polar surface area (TPSA) is 34.1 Å². The van der Waals surface area contributed by atoms with Gasteiger partial charge in [0, 0.05) is 10.7 Å². The van der Waals surface area contributed by atoms with E-state index in [2.05, 4.69) is 0 Å². The van der Waals surface area contributed by atoms with Gasteiger partial charge in [-0.1, -0.05) is 18.5 Å². The number of rotatable bonds is 2. The average Bonchev–Trinajstić information content (AvgIpc) is 2.07. The van der Waals surface area contributed by atoms with E-state index in [4.69, 9.17) is 22.3 Å². The summed E-state index contributed by atoms with van der Waals surface area (Å²) in [6, 6.07) is 2.11. The van der Waals surface area contributed by atoms with Crippen LogP contribution in [-0.4, -0.2) is 8.42 Å². The maximum Gasteiger partial charge on any atom is 0.261 e. The third-order valence-electron chi connectivity index (χ3n) is 1.75. The van der Waals surface area contributed by atoms with E-state index in [1.807, 2.05) is 0 Å². The van der Waals surface area contributed by atoms with Gasteiger partial charge < -0.3 is 0 Å². The number of aryl methyl sites for hydroxylation is 1. The van der Waals surface area contributed by atoms with Crippen LogP contribution in [0.4, 0.5) is 4.39 Å². The molecule has 0 amide bonds. The molecule has 14 heavy (non-hydrogen) atoms. The van der Waals surface area contributed by atoms with Crippen molar-refractivity contribution in [2.75, 3.05) is 0 Å². The van der Waals surface area contributed by atoms with Crippen molar-refractivity contribution in [3.05, 3.63) is 28.5 Å². The lowest BCUT2D eigenvalue weighted by Crippen LogP contribution is -1.98. The van der Waals surface area contributed by atoms with Crippen LogP contribution >= 0.6 is 22.3 Å². The van der Waals surface area contributed by atoms with Crippen LogP contribution in [0, 0.1) is 5.82 Å². The lowest BCUT2D eigenvalue weighted by Gasteiger charge is -2.05. The first-order chi connectivity index (χ1) is 6.36. The number of hydrogen-bond donors (Lipinski definition) is 0. The second kappa shape index (κ2) is 4.04. The summed E-state index contributed by atoms with van der Waals surface area (Å²) in [7, 11) is 1.29. The van der Waals surface area contributed by atoms with Gasteiger partial charge in [-0.05, 0) is 24.1 Å². The lowest BCUT2D eigenvalue weighted by molar-refractivity contribution is 0.605. The van der Waals surface area contributed by atoms with Gasteiger partial charge >= 0.3 is 0 Å². The molecular formula is C8H7Cl2FO2S. The van der Waals surface area contributed by atoms with E-state index in [0.717, 1.165) is 12.1 Å². The fourth-order valence-corrected chi connectivity index (χ4v) is 2.51. The number of halogens is 3.